The fourth-order valence-electron chi connectivity index (χ4n) is 4.46. The van der Waals surface area contributed by atoms with E-state index in [1.807, 2.05) is 23.1 Å². The maximum atomic E-state index is 13.2. The van der Waals surface area contributed by atoms with E-state index in [1.54, 1.807) is 17.4 Å². The normalized spacial score (nSPS) is 20.6. The van der Waals surface area contributed by atoms with Crippen molar-refractivity contribution < 1.29 is 14.6 Å². The lowest BCUT2D eigenvalue weighted by Gasteiger charge is -2.33. The summed E-state index contributed by atoms with van der Waals surface area (Å²) < 4.78 is 6.40. The van der Waals surface area contributed by atoms with E-state index in [-0.39, 0.29) is 12.0 Å². The number of morpholine rings is 1. The topological polar surface area (TPSA) is 107 Å². The van der Waals surface area contributed by atoms with Crippen LogP contribution in [0.1, 0.15) is 23.3 Å². The number of aromatic nitrogens is 3. The monoisotopic (exact) mass is 481 g/mol. The summed E-state index contributed by atoms with van der Waals surface area (Å²) in [7, 11) is 0. The molecule has 34 heavy (non-hydrogen) atoms. The van der Waals surface area contributed by atoms with Gasteiger partial charge in [0, 0.05) is 39.3 Å². The number of nitrogens with zero attached hydrogens (tertiary/aromatic N) is 6. The largest absolute Gasteiger partial charge is 0.391 e. The third kappa shape index (κ3) is 4.15. The van der Waals surface area contributed by atoms with Gasteiger partial charge in [-0.3, -0.25) is 4.79 Å². The van der Waals surface area contributed by atoms with Crippen LogP contribution in [0.4, 0.5) is 22.5 Å². The zero-order valence-electron chi connectivity index (χ0n) is 18.8. The van der Waals surface area contributed by atoms with Crippen molar-refractivity contribution in [2.45, 2.75) is 18.9 Å². The molecule has 3 aliphatic rings. The first-order chi connectivity index (χ1) is 16.6. The number of hydrogen-bond acceptors (Lipinski definition) is 10. The van der Waals surface area contributed by atoms with E-state index in [9.17, 15) is 9.90 Å². The number of aliphatic hydroxyl groups excluding tert-OH is 1. The van der Waals surface area contributed by atoms with E-state index >= 15 is 0 Å². The lowest BCUT2D eigenvalue weighted by Crippen LogP contribution is -2.38. The molecule has 0 spiro atoms. The molecule has 0 radical (unpaired) electrons. The van der Waals surface area contributed by atoms with Crippen LogP contribution in [0, 0.1) is 0 Å². The van der Waals surface area contributed by atoms with E-state index < -0.39 is 0 Å². The molecule has 3 saturated heterocycles. The van der Waals surface area contributed by atoms with Crippen LogP contribution < -0.4 is 20.0 Å². The van der Waals surface area contributed by atoms with Crippen LogP contribution in [0.5, 0.6) is 0 Å². The highest BCUT2D eigenvalue weighted by molar-refractivity contribution is 7.22. The maximum absolute atomic E-state index is 13.2. The number of hydrogen-bond donors (Lipinski definition) is 2. The molecule has 10 nitrogen and oxygen atoms in total. The van der Waals surface area contributed by atoms with Crippen LogP contribution in [-0.4, -0.2) is 84.6 Å². The number of carbonyl (C=O) groups is 1. The first kappa shape index (κ1) is 21.5. The van der Waals surface area contributed by atoms with Gasteiger partial charge in [-0.15, -0.1) is 0 Å². The van der Waals surface area contributed by atoms with Gasteiger partial charge in [-0.25, -0.2) is 9.97 Å². The van der Waals surface area contributed by atoms with Crippen LogP contribution >= 0.6 is 11.3 Å². The van der Waals surface area contributed by atoms with Gasteiger partial charge in [-0.05, 0) is 31.0 Å². The highest BCUT2D eigenvalue weighted by Crippen LogP contribution is 2.36. The first-order valence-corrected chi connectivity index (χ1v) is 12.6. The first-order valence-electron chi connectivity index (χ1n) is 11.7. The third-order valence-corrected chi connectivity index (χ3v) is 7.54. The summed E-state index contributed by atoms with van der Waals surface area (Å²) in [5.74, 6) is 1.19. The number of nitrogens with one attached hydrogen (secondary N) is 1. The predicted octanol–water partition coefficient (Wildman–Crippen LogP) is 1.96. The van der Waals surface area contributed by atoms with Crippen molar-refractivity contribution in [1.82, 2.24) is 15.0 Å². The SMILES string of the molecule is O=C(Nc1cc2sc(N3CCOCC3)nc2nc1N1CCC1)c1cccc(N2CCC(O)C2)n1. The van der Waals surface area contributed by atoms with Crippen molar-refractivity contribution in [2.24, 2.45) is 0 Å². The number of pyridine rings is 2. The van der Waals surface area contributed by atoms with Crippen molar-refractivity contribution in [3.05, 3.63) is 30.0 Å². The Labute approximate surface area is 201 Å². The van der Waals surface area contributed by atoms with E-state index in [1.165, 1.54) is 0 Å². The number of anilines is 4. The highest BCUT2D eigenvalue weighted by atomic mass is 32.1. The summed E-state index contributed by atoms with van der Waals surface area (Å²) in [6, 6.07) is 7.40. The van der Waals surface area contributed by atoms with Crippen LogP contribution in [-0.2, 0) is 4.74 Å². The molecular weight excluding hydrogens is 454 g/mol. The molecule has 6 heterocycles. The summed E-state index contributed by atoms with van der Waals surface area (Å²) in [6.07, 6.45) is 1.47. The van der Waals surface area contributed by atoms with E-state index in [0.717, 1.165) is 54.8 Å². The van der Waals surface area contributed by atoms with Gasteiger partial charge in [0.15, 0.2) is 16.6 Å². The van der Waals surface area contributed by atoms with E-state index in [2.05, 4.69) is 20.1 Å². The lowest BCUT2D eigenvalue weighted by atomic mass is 10.2. The third-order valence-electron chi connectivity index (χ3n) is 6.49. The number of carbonyl (C=O) groups excluding carboxylic acids is 1. The van der Waals surface area contributed by atoms with Gasteiger partial charge < -0.3 is 29.9 Å². The Kier molecular flexibility index (Phi) is 5.67. The summed E-state index contributed by atoms with van der Waals surface area (Å²) in [5, 5.41) is 13.8. The Hall–Kier alpha value is -3.02. The molecule has 1 atom stereocenters. The standard InChI is InChI=1S/C23H27N7O3S/c31-15-5-8-30(14-15)19-4-1-3-16(24-19)22(32)25-17-13-18-20(26-21(17)28-6-2-7-28)27-23(34-18)29-9-11-33-12-10-29/h1,3-4,13,15,31H,2,5-12,14H2,(H,25,32). The fourth-order valence-corrected chi connectivity index (χ4v) is 5.46. The number of fused-ring (bicyclic) bond motifs is 1. The minimum atomic E-state index is -0.349. The summed E-state index contributed by atoms with van der Waals surface area (Å²) in [4.78, 5) is 33.8. The van der Waals surface area contributed by atoms with Crippen molar-refractivity contribution >= 4 is 50.0 Å². The molecule has 0 bridgehead atoms. The van der Waals surface area contributed by atoms with Gasteiger partial charge in [0.25, 0.3) is 5.91 Å². The number of rotatable bonds is 5. The smallest absolute Gasteiger partial charge is 0.274 e. The van der Waals surface area contributed by atoms with Crippen LogP contribution in [0.3, 0.4) is 0 Å². The Morgan fingerprint density at radius 1 is 1.06 bits per heavy atom. The molecule has 3 aliphatic heterocycles. The Morgan fingerprint density at radius 3 is 2.65 bits per heavy atom. The Morgan fingerprint density at radius 2 is 1.91 bits per heavy atom. The molecule has 178 valence electrons. The number of ether oxygens (including phenoxy) is 1. The minimum Gasteiger partial charge on any atom is -0.391 e. The Bertz CT molecular complexity index is 1210. The fraction of sp³-hybridized carbons (Fsp3) is 0.478. The van der Waals surface area contributed by atoms with Gasteiger partial charge >= 0.3 is 0 Å². The predicted molar refractivity (Wildman–Crippen MR) is 132 cm³/mol. The average molecular weight is 482 g/mol. The quantitative estimate of drug-likeness (QED) is 0.565. The maximum Gasteiger partial charge on any atom is 0.274 e. The van der Waals surface area contributed by atoms with Gasteiger partial charge in [0.1, 0.15) is 11.5 Å². The minimum absolute atomic E-state index is 0.276. The number of aliphatic hydroxyl groups is 1. The van der Waals surface area contributed by atoms with Crippen molar-refractivity contribution in [3.8, 4) is 0 Å². The molecule has 0 aliphatic carbocycles. The highest BCUT2D eigenvalue weighted by Gasteiger charge is 2.25. The van der Waals surface area contributed by atoms with Crippen LogP contribution in [0.25, 0.3) is 10.3 Å². The second kappa shape index (κ2) is 8.97. The van der Waals surface area contributed by atoms with Crippen LogP contribution in [0.15, 0.2) is 24.3 Å². The lowest BCUT2D eigenvalue weighted by molar-refractivity contribution is 0.102. The van der Waals surface area contributed by atoms with Gasteiger partial charge in [-0.1, -0.05) is 17.4 Å². The van der Waals surface area contributed by atoms with Crippen molar-refractivity contribution in [1.29, 1.82) is 0 Å². The van der Waals surface area contributed by atoms with Crippen molar-refractivity contribution in [2.75, 3.05) is 72.5 Å². The van der Waals surface area contributed by atoms with Crippen LogP contribution in [0.2, 0.25) is 0 Å². The average Bonchev–Trinajstić information content (AvgIpc) is 3.45. The summed E-state index contributed by atoms with van der Waals surface area (Å²) in [6.45, 7) is 6.12. The number of β-amino-alcohol motifs (C(OH)–C–C–N with tert-alkyl or cyclic N) is 1. The molecule has 6 rings (SSSR count). The molecule has 0 saturated carbocycles. The number of amides is 1. The van der Waals surface area contributed by atoms with Gasteiger partial charge in [0.2, 0.25) is 0 Å². The summed E-state index contributed by atoms with van der Waals surface area (Å²) in [5.41, 5.74) is 1.73. The molecular formula is C23H27N7O3S. The molecule has 3 aromatic rings. The molecule has 1 unspecified atom stereocenters. The van der Waals surface area contributed by atoms with E-state index in [4.69, 9.17) is 14.7 Å². The molecule has 2 N–H and O–H groups in total. The second-order valence-electron chi connectivity index (χ2n) is 8.84. The second-order valence-corrected chi connectivity index (χ2v) is 9.85. The van der Waals surface area contributed by atoms with Gasteiger partial charge in [-0.2, -0.15) is 4.98 Å². The number of thiazole rings is 1. The van der Waals surface area contributed by atoms with Gasteiger partial charge in [0.05, 0.1) is 29.7 Å². The zero-order valence-corrected chi connectivity index (χ0v) is 19.6. The Balaban J connectivity index is 1.28. The molecule has 3 fully saturated rings. The van der Waals surface area contributed by atoms with Crippen molar-refractivity contribution in [3.63, 3.8) is 0 Å². The zero-order chi connectivity index (χ0) is 23.1. The molecule has 3 aromatic heterocycles. The van der Waals surface area contributed by atoms with E-state index in [0.29, 0.717) is 49.0 Å². The molecule has 0 aromatic carbocycles. The molecule has 1 amide bonds. The summed E-state index contributed by atoms with van der Waals surface area (Å²) >= 11 is 1.59. The molecule has 11 heteroatoms.